The summed E-state index contributed by atoms with van der Waals surface area (Å²) in [6.07, 6.45) is 1.49. The number of hydrogen-bond donors (Lipinski definition) is 2. The number of amides is 1. The standard InChI is InChI=1S/C23H16ClF2N3O3/c1-12(14-5-6-19(28-11-14)31-16-4-2-3-13(7-16)10-24)29-20-17-8-15(25)9-18(26)21(17)32-22(20)23(27)30/h2-9,11,29H,1,10H2,(H2,27,30). The van der Waals surface area contributed by atoms with Gasteiger partial charge in [0.25, 0.3) is 5.91 Å². The zero-order valence-electron chi connectivity index (χ0n) is 16.5. The maximum Gasteiger partial charge on any atom is 0.286 e. The average Bonchev–Trinajstić information content (AvgIpc) is 3.13. The van der Waals surface area contributed by atoms with E-state index in [4.69, 9.17) is 26.5 Å². The normalized spacial score (nSPS) is 10.8. The number of halogens is 3. The minimum absolute atomic E-state index is 0.00844. The largest absolute Gasteiger partial charge is 0.446 e. The molecule has 2 heterocycles. The van der Waals surface area contributed by atoms with Gasteiger partial charge in [0.1, 0.15) is 11.6 Å². The molecule has 4 aromatic rings. The van der Waals surface area contributed by atoms with Gasteiger partial charge in [0, 0.05) is 35.5 Å². The highest BCUT2D eigenvalue weighted by molar-refractivity contribution is 6.17. The number of aromatic nitrogens is 1. The predicted octanol–water partition coefficient (Wildman–Crippen LogP) is 5.82. The van der Waals surface area contributed by atoms with Gasteiger partial charge < -0.3 is 20.2 Å². The lowest BCUT2D eigenvalue weighted by molar-refractivity contribution is 0.0977. The second-order valence-electron chi connectivity index (χ2n) is 6.81. The van der Waals surface area contributed by atoms with E-state index in [1.807, 2.05) is 12.1 Å². The van der Waals surface area contributed by atoms with Crippen LogP contribution in [-0.2, 0) is 5.88 Å². The van der Waals surface area contributed by atoms with Gasteiger partial charge in [-0.15, -0.1) is 11.6 Å². The number of fused-ring (bicyclic) bond motifs is 1. The first kappa shape index (κ1) is 21.3. The van der Waals surface area contributed by atoms with Gasteiger partial charge in [0.2, 0.25) is 11.6 Å². The Bertz CT molecular complexity index is 1340. The molecule has 0 aliphatic heterocycles. The van der Waals surface area contributed by atoms with E-state index in [0.29, 0.717) is 34.8 Å². The lowest BCUT2D eigenvalue weighted by Crippen LogP contribution is -2.12. The highest BCUT2D eigenvalue weighted by Gasteiger charge is 2.22. The summed E-state index contributed by atoms with van der Waals surface area (Å²) in [5.41, 5.74) is 6.79. The molecule has 0 saturated carbocycles. The van der Waals surface area contributed by atoms with Crippen LogP contribution in [0.15, 0.2) is 65.7 Å². The average molecular weight is 456 g/mol. The summed E-state index contributed by atoms with van der Waals surface area (Å²) in [6.45, 7) is 3.90. The van der Waals surface area contributed by atoms with Crippen molar-refractivity contribution in [2.75, 3.05) is 5.32 Å². The maximum atomic E-state index is 14.1. The van der Waals surface area contributed by atoms with Crippen molar-refractivity contribution in [3.05, 3.63) is 89.8 Å². The number of hydrogen-bond acceptors (Lipinski definition) is 5. The Kier molecular flexibility index (Phi) is 5.79. The Morgan fingerprint density at radius 2 is 2.03 bits per heavy atom. The Hall–Kier alpha value is -3.91. The number of anilines is 1. The summed E-state index contributed by atoms with van der Waals surface area (Å²) in [6, 6.07) is 12.3. The molecular weight excluding hydrogens is 440 g/mol. The lowest BCUT2D eigenvalue weighted by atomic mass is 10.1. The minimum Gasteiger partial charge on any atom is -0.446 e. The van der Waals surface area contributed by atoms with E-state index in [2.05, 4.69) is 16.9 Å². The Morgan fingerprint density at radius 1 is 1.22 bits per heavy atom. The molecule has 3 N–H and O–H groups in total. The molecule has 0 fully saturated rings. The first-order chi connectivity index (χ1) is 15.4. The van der Waals surface area contributed by atoms with Gasteiger partial charge in [-0.2, -0.15) is 0 Å². The van der Waals surface area contributed by atoms with E-state index >= 15 is 0 Å². The van der Waals surface area contributed by atoms with Crippen LogP contribution in [-0.4, -0.2) is 10.9 Å². The molecule has 9 heteroatoms. The first-order valence-corrected chi connectivity index (χ1v) is 9.85. The molecule has 6 nitrogen and oxygen atoms in total. The number of alkyl halides is 1. The molecule has 2 aromatic carbocycles. The topological polar surface area (TPSA) is 90.4 Å². The molecule has 4 rings (SSSR count). The fourth-order valence-corrected chi connectivity index (χ4v) is 3.24. The molecular formula is C23H16ClF2N3O3. The highest BCUT2D eigenvalue weighted by atomic mass is 35.5. The van der Waals surface area contributed by atoms with Crippen molar-refractivity contribution in [2.45, 2.75) is 5.88 Å². The summed E-state index contributed by atoms with van der Waals surface area (Å²) in [5, 5.41) is 2.87. The zero-order valence-corrected chi connectivity index (χ0v) is 17.2. The molecule has 1 amide bonds. The Labute approximate surface area is 186 Å². The number of nitrogens with one attached hydrogen (secondary N) is 1. The molecule has 0 saturated heterocycles. The number of carbonyl (C=O) groups is 1. The van der Waals surface area contributed by atoms with Crippen LogP contribution in [0.4, 0.5) is 14.5 Å². The molecule has 0 aliphatic rings. The minimum atomic E-state index is -0.956. The highest BCUT2D eigenvalue weighted by Crippen LogP contribution is 2.35. The number of pyridine rings is 1. The number of ether oxygens (including phenoxy) is 1. The summed E-state index contributed by atoms with van der Waals surface area (Å²) < 4.78 is 38.7. The van der Waals surface area contributed by atoms with E-state index < -0.39 is 17.5 Å². The van der Waals surface area contributed by atoms with Crippen LogP contribution in [0.3, 0.4) is 0 Å². The molecule has 162 valence electrons. The zero-order chi connectivity index (χ0) is 22.8. The molecule has 0 unspecified atom stereocenters. The van der Waals surface area contributed by atoms with E-state index in [0.717, 1.165) is 11.6 Å². The molecule has 2 aromatic heterocycles. The maximum absolute atomic E-state index is 14.1. The van der Waals surface area contributed by atoms with E-state index in [1.54, 1.807) is 24.3 Å². The third kappa shape index (κ3) is 4.26. The van der Waals surface area contributed by atoms with Crippen molar-refractivity contribution < 1.29 is 22.7 Å². The van der Waals surface area contributed by atoms with Crippen LogP contribution >= 0.6 is 11.6 Å². The van der Waals surface area contributed by atoms with Crippen LogP contribution in [0.5, 0.6) is 11.6 Å². The smallest absolute Gasteiger partial charge is 0.286 e. The second-order valence-corrected chi connectivity index (χ2v) is 7.07. The predicted molar refractivity (Wildman–Crippen MR) is 118 cm³/mol. The van der Waals surface area contributed by atoms with E-state index in [9.17, 15) is 13.6 Å². The van der Waals surface area contributed by atoms with Gasteiger partial charge in [0.15, 0.2) is 11.4 Å². The van der Waals surface area contributed by atoms with Gasteiger partial charge in [-0.05, 0) is 29.8 Å². The van der Waals surface area contributed by atoms with Gasteiger partial charge >= 0.3 is 0 Å². The molecule has 0 aliphatic carbocycles. The SMILES string of the molecule is C=C(Nc1c(C(N)=O)oc2c(F)cc(F)cc12)c1ccc(Oc2cccc(CCl)c2)nc1. The van der Waals surface area contributed by atoms with Crippen molar-refractivity contribution in [1.29, 1.82) is 0 Å². The lowest BCUT2D eigenvalue weighted by Gasteiger charge is -2.11. The van der Waals surface area contributed by atoms with E-state index in [-0.39, 0.29) is 22.4 Å². The Morgan fingerprint density at radius 3 is 2.72 bits per heavy atom. The Balaban J connectivity index is 1.58. The van der Waals surface area contributed by atoms with Crippen molar-refractivity contribution in [2.24, 2.45) is 5.73 Å². The third-order valence-corrected chi connectivity index (χ3v) is 4.88. The number of nitrogens with two attached hydrogens (primary N) is 1. The van der Waals surface area contributed by atoms with Crippen molar-refractivity contribution >= 4 is 39.9 Å². The van der Waals surface area contributed by atoms with Gasteiger partial charge in [0.05, 0.1) is 11.1 Å². The third-order valence-electron chi connectivity index (χ3n) is 4.57. The van der Waals surface area contributed by atoms with E-state index in [1.165, 1.54) is 6.20 Å². The summed E-state index contributed by atoms with van der Waals surface area (Å²) in [7, 11) is 0. The molecule has 0 atom stereocenters. The number of benzene rings is 2. The van der Waals surface area contributed by atoms with Crippen molar-refractivity contribution in [3.8, 4) is 11.6 Å². The number of rotatable bonds is 7. The fraction of sp³-hybridized carbons (Fsp3) is 0.0435. The summed E-state index contributed by atoms with van der Waals surface area (Å²) in [5.74, 6) is -1.80. The van der Waals surface area contributed by atoms with Crippen LogP contribution < -0.4 is 15.8 Å². The van der Waals surface area contributed by atoms with Crippen LogP contribution in [0.2, 0.25) is 0 Å². The number of nitrogens with zero attached hydrogens (tertiary/aromatic N) is 1. The quantitative estimate of drug-likeness (QED) is 0.343. The summed E-state index contributed by atoms with van der Waals surface area (Å²) >= 11 is 5.84. The molecule has 0 radical (unpaired) electrons. The number of furan rings is 1. The molecule has 32 heavy (non-hydrogen) atoms. The van der Waals surface area contributed by atoms with Crippen LogP contribution in [0.1, 0.15) is 21.7 Å². The monoisotopic (exact) mass is 455 g/mol. The summed E-state index contributed by atoms with van der Waals surface area (Å²) in [4.78, 5) is 16.0. The van der Waals surface area contributed by atoms with Gasteiger partial charge in [-0.1, -0.05) is 18.7 Å². The number of carbonyl (C=O) groups excluding carboxylic acids is 1. The van der Waals surface area contributed by atoms with Gasteiger partial charge in [-0.25, -0.2) is 13.8 Å². The van der Waals surface area contributed by atoms with Crippen molar-refractivity contribution in [3.63, 3.8) is 0 Å². The van der Waals surface area contributed by atoms with Crippen molar-refractivity contribution in [1.82, 2.24) is 4.98 Å². The van der Waals surface area contributed by atoms with Gasteiger partial charge in [-0.3, -0.25) is 4.79 Å². The van der Waals surface area contributed by atoms with Crippen LogP contribution in [0.25, 0.3) is 16.7 Å². The fourth-order valence-electron chi connectivity index (χ4n) is 3.08. The first-order valence-electron chi connectivity index (χ1n) is 9.32. The number of primary amides is 1. The second kappa shape index (κ2) is 8.68. The molecule has 0 bridgehead atoms. The van der Waals surface area contributed by atoms with Crippen LogP contribution in [0, 0.1) is 11.6 Å². The molecule has 0 spiro atoms.